The highest BCUT2D eigenvalue weighted by atomic mass is 32.2. The van der Waals surface area contributed by atoms with Gasteiger partial charge < -0.3 is 24.8 Å². The Balaban J connectivity index is 1.94. The number of ether oxygens (including phenoxy) is 2. The van der Waals surface area contributed by atoms with E-state index in [4.69, 9.17) is 9.47 Å². The SMILES string of the molecule is C[C@@H]1CN([C@@H](C)CO)C(=O)c2cc(NC(=O)CCC(F)(F)F)ccc2O[C@@H](C)CCCCO[C@H]1CN(C)S(=O)(=O)c1cccs1. The third kappa shape index (κ3) is 10.7. The second-order valence-corrected chi connectivity index (χ2v) is 14.6. The molecule has 1 aliphatic heterocycles. The fourth-order valence-corrected chi connectivity index (χ4v) is 7.24. The molecule has 2 amide bonds. The van der Waals surface area contributed by atoms with Crippen molar-refractivity contribution >= 4 is 38.9 Å². The predicted octanol–water partition coefficient (Wildman–Crippen LogP) is 5.15. The van der Waals surface area contributed by atoms with Gasteiger partial charge in [-0.3, -0.25) is 9.59 Å². The summed E-state index contributed by atoms with van der Waals surface area (Å²) in [6.45, 7) is 5.43. The fraction of sp³-hybridized carbons (Fsp3) is 0.600. The highest BCUT2D eigenvalue weighted by Gasteiger charge is 2.33. The van der Waals surface area contributed by atoms with Gasteiger partial charge in [0, 0.05) is 44.8 Å². The largest absolute Gasteiger partial charge is 0.490 e. The number of anilines is 1. The molecule has 15 heteroatoms. The first kappa shape index (κ1) is 36.7. The maximum Gasteiger partial charge on any atom is 0.389 e. The van der Waals surface area contributed by atoms with Crippen LogP contribution in [0.2, 0.25) is 0 Å². The minimum Gasteiger partial charge on any atom is -0.490 e. The van der Waals surface area contributed by atoms with Gasteiger partial charge in [-0.1, -0.05) is 13.0 Å². The van der Waals surface area contributed by atoms with E-state index in [0.29, 0.717) is 19.4 Å². The molecule has 252 valence electrons. The highest BCUT2D eigenvalue weighted by molar-refractivity contribution is 7.91. The first-order valence-electron chi connectivity index (χ1n) is 14.8. The number of rotatable bonds is 9. The maximum absolute atomic E-state index is 14.1. The number of halogens is 3. The lowest BCUT2D eigenvalue weighted by Crippen LogP contribution is -2.48. The van der Waals surface area contributed by atoms with Gasteiger partial charge in [0.15, 0.2) is 0 Å². The van der Waals surface area contributed by atoms with Crippen molar-refractivity contribution in [2.75, 3.05) is 38.7 Å². The zero-order valence-electron chi connectivity index (χ0n) is 25.9. The summed E-state index contributed by atoms with van der Waals surface area (Å²) in [6.07, 6.45) is -5.41. The topological polar surface area (TPSA) is 125 Å². The molecule has 0 unspecified atom stereocenters. The van der Waals surface area contributed by atoms with Crippen LogP contribution in [0.3, 0.4) is 0 Å². The first-order valence-corrected chi connectivity index (χ1v) is 17.1. The summed E-state index contributed by atoms with van der Waals surface area (Å²) in [7, 11) is -2.28. The van der Waals surface area contributed by atoms with Gasteiger partial charge in [-0.2, -0.15) is 17.5 Å². The van der Waals surface area contributed by atoms with E-state index in [1.165, 1.54) is 40.5 Å². The van der Waals surface area contributed by atoms with E-state index in [1.54, 1.807) is 18.4 Å². The normalized spacial score (nSPS) is 21.5. The summed E-state index contributed by atoms with van der Waals surface area (Å²) in [5.74, 6) is -1.55. The van der Waals surface area contributed by atoms with Gasteiger partial charge in [0.25, 0.3) is 15.9 Å². The molecule has 0 bridgehead atoms. The van der Waals surface area contributed by atoms with Gasteiger partial charge in [0.2, 0.25) is 5.91 Å². The van der Waals surface area contributed by atoms with Crippen LogP contribution in [0.4, 0.5) is 18.9 Å². The number of carbonyl (C=O) groups excluding carboxylic acids is 2. The number of nitrogens with zero attached hydrogens (tertiary/aromatic N) is 2. The number of alkyl halides is 3. The van der Waals surface area contributed by atoms with Crippen molar-refractivity contribution in [1.29, 1.82) is 0 Å². The Morgan fingerprint density at radius 1 is 1.24 bits per heavy atom. The Labute approximate surface area is 266 Å². The summed E-state index contributed by atoms with van der Waals surface area (Å²) in [5.41, 5.74) is 0.188. The third-order valence-corrected chi connectivity index (χ3v) is 10.8. The van der Waals surface area contributed by atoms with E-state index in [9.17, 15) is 36.3 Å². The van der Waals surface area contributed by atoms with Gasteiger partial charge >= 0.3 is 6.18 Å². The van der Waals surface area contributed by atoms with Gasteiger partial charge in [-0.15, -0.1) is 11.3 Å². The monoisotopic (exact) mass is 677 g/mol. The lowest BCUT2D eigenvalue weighted by atomic mass is 10.0. The third-order valence-electron chi connectivity index (χ3n) is 7.57. The van der Waals surface area contributed by atoms with Crippen molar-refractivity contribution in [3.8, 4) is 5.75 Å². The second-order valence-electron chi connectivity index (χ2n) is 11.4. The Morgan fingerprint density at radius 2 is 1.98 bits per heavy atom. The molecule has 0 saturated heterocycles. The first-order chi connectivity index (χ1) is 21.1. The number of benzene rings is 1. The van der Waals surface area contributed by atoms with E-state index < -0.39 is 53.0 Å². The van der Waals surface area contributed by atoms with Crippen LogP contribution in [-0.4, -0.2) is 92.3 Å². The Morgan fingerprint density at radius 3 is 2.62 bits per heavy atom. The average molecular weight is 678 g/mol. The average Bonchev–Trinajstić information content (AvgIpc) is 3.53. The summed E-state index contributed by atoms with van der Waals surface area (Å²) in [4.78, 5) is 27.8. The molecule has 10 nitrogen and oxygen atoms in total. The van der Waals surface area contributed by atoms with Crippen LogP contribution in [0.5, 0.6) is 5.75 Å². The van der Waals surface area contributed by atoms with Crippen molar-refractivity contribution in [1.82, 2.24) is 9.21 Å². The Bertz CT molecular complexity index is 1370. The molecule has 0 radical (unpaired) electrons. The van der Waals surface area contributed by atoms with Crippen molar-refractivity contribution in [2.24, 2.45) is 5.92 Å². The summed E-state index contributed by atoms with van der Waals surface area (Å²) >= 11 is 1.11. The van der Waals surface area contributed by atoms with Crippen LogP contribution in [0.1, 0.15) is 63.2 Å². The number of fused-ring (bicyclic) bond motifs is 1. The molecule has 45 heavy (non-hydrogen) atoms. The maximum atomic E-state index is 14.1. The van der Waals surface area contributed by atoms with Gasteiger partial charge in [-0.05, 0) is 62.8 Å². The van der Waals surface area contributed by atoms with Gasteiger partial charge in [0.05, 0.1) is 36.8 Å². The standard InChI is InChI=1S/C30H42F3N3O7S2/c1-20-17-36(21(2)19-37)29(39)24-16-23(34-27(38)12-13-30(31,32)33)10-11-25(24)43-22(3)8-5-6-14-42-26(20)18-35(4)45(40,41)28-9-7-15-44-28/h7,9-11,15-16,20-22,26,37H,5-6,8,12-14,17-19H2,1-4H3,(H,34,38)/t20-,21+,22+,26+/m1/s1. The van der Waals surface area contributed by atoms with E-state index in [-0.39, 0.29) is 52.9 Å². The molecule has 0 saturated carbocycles. The van der Waals surface area contributed by atoms with Crippen molar-refractivity contribution in [3.63, 3.8) is 0 Å². The number of aliphatic hydroxyl groups is 1. The molecule has 1 aliphatic rings. The van der Waals surface area contributed by atoms with E-state index >= 15 is 0 Å². The molecule has 2 N–H and O–H groups in total. The van der Waals surface area contributed by atoms with Gasteiger partial charge in [-0.25, -0.2) is 8.42 Å². The number of sulfonamides is 1. The number of hydrogen-bond donors (Lipinski definition) is 2. The molecule has 0 fully saturated rings. The minimum absolute atomic E-state index is 0.0289. The molecule has 2 heterocycles. The van der Waals surface area contributed by atoms with Crippen molar-refractivity contribution in [2.45, 2.75) is 81.5 Å². The van der Waals surface area contributed by atoms with Crippen LogP contribution in [0, 0.1) is 5.92 Å². The van der Waals surface area contributed by atoms with Crippen LogP contribution in [-0.2, 0) is 19.6 Å². The number of nitrogens with one attached hydrogen (secondary N) is 1. The molecule has 3 rings (SSSR count). The highest BCUT2D eigenvalue weighted by Crippen LogP contribution is 2.29. The van der Waals surface area contributed by atoms with Crippen LogP contribution in [0.15, 0.2) is 39.9 Å². The molecule has 0 aliphatic carbocycles. The Hall–Kier alpha value is -2.72. The van der Waals surface area contributed by atoms with Crippen molar-refractivity contribution in [3.05, 3.63) is 41.3 Å². The molecule has 2 aromatic rings. The fourth-order valence-electron chi connectivity index (χ4n) is 4.86. The predicted molar refractivity (Wildman–Crippen MR) is 165 cm³/mol. The van der Waals surface area contributed by atoms with Crippen molar-refractivity contribution < 1.29 is 45.8 Å². The molecular formula is C30H42F3N3O7S2. The summed E-state index contributed by atoms with van der Waals surface area (Å²) in [5, 5.41) is 14.2. The number of likely N-dealkylation sites (N-methyl/N-ethyl adjacent to an activating group) is 1. The zero-order valence-corrected chi connectivity index (χ0v) is 27.5. The minimum atomic E-state index is -4.49. The number of carbonyl (C=O) groups is 2. The molecule has 4 atom stereocenters. The Kier molecular flexibility index (Phi) is 13.2. The lowest BCUT2D eigenvalue weighted by Gasteiger charge is -2.35. The molecular weight excluding hydrogens is 635 g/mol. The zero-order chi connectivity index (χ0) is 33.4. The van der Waals surface area contributed by atoms with Crippen LogP contribution >= 0.6 is 11.3 Å². The lowest BCUT2D eigenvalue weighted by molar-refractivity contribution is -0.142. The smallest absolute Gasteiger partial charge is 0.389 e. The van der Waals surface area contributed by atoms with Crippen LogP contribution in [0.25, 0.3) is 0 Å². The van der Waals surface area contributed by atoms with E-state index in [2.05, 4.69) is 5.32 Å². The number of thiophene rings is 1. The van der Waals surface area contributed by atoms with Gasteiger partial charge in [0.1, 0.15) is 9.96 Å². The summed E-state index contributed by atoms with van der Waals surface area (Å²) < 4.78 is 78.0. The number of aliphatic hydroxyl groups excluding tert-OH is 1. The quantitative estimate of drug-likeness (QED) is 0.377. The molecule has 0 spiro atoms. The van der Waals surface area contributed by atoms with Crippen LogP contribution < -0.4 is 10.1 Å². The molecule has 1 aromatic heterocycles. The van der Waals surface area contributed by atoms with E-state index in [0.717, 1.165) is 17.8 Å². The number of amides is 2. The summed E-state index contributed by atoms with van der Waals surface area (Å²) in [6, 6.07) is 6.84. The number of hydrogen-bond acceptors (Lipinski definition) is 8. The second kappa shape index (κ2) is 16.2. The van der Waals surface area contributed by atoms with E-state index in [1.807, 2.05) is 13.8 Å². The molecule has 1 aromatic carbocycles.